The molecule has 0 spiro atoms. The number of anilines is 1. The maximum Gasteiger partial charge on any atom is 0.256 e. The number of thioether (sulfide) groups is 1. The summed E-state index contributed by atoms with van der Waals surface area (Å²) in [6.45, 7) is 6.64. The number of nitrogens with one attached hydrogen (secondary N) is 1. The van der Waals surface area contributed by atoms with Crippen molar-refractivity contribution >= 4 is 23.4 Å². The Morgan fingerprint density at radius 2 is 2.50 bits per heavy atom. The van der Waals surface area contributed by atoms with Gasteiger partial charge in [0.1, 0.15) is 0 Å². The predicted molar refractivity (Wildman–Crippen MR) is 76.2 cm³/mol. The second kappa shape index (κ2) is 6.09. The smallest absolute Gasteiger partial charge is 0.256 e. The molecule has 18 heavy (non-hydrogen) atoms. The Balaban J connectivity index is 2.17. The van der Waals surface area contributed by atoms with Crippen molar-refractivity contribution in [3.05, 3.63) is 24.0 Å². The number of nitrogens with zero attached hydrogens (tertiary/aromatic N) is 2. The molecule has 2 rings (SSSR count). The Labute approximate surface area is 112 Å². The molecule has 2 heterocycles. The number of rotatable bonds is 3. The summed E-state index contributed by atoms with van der Waals surface area (Å²) in [6, 6.07) is 1.80. The summed E-state index contributed by atoms with van der Waals surface area (Å²) in [5.74, 6) is 1.13. The van der Waals surface area contributed by atoms with E-state index in [1.54, 1.807) is 18.5 Å². The van der Waals surface area contributed by atoms with E-state index in [2.05, 4.69) is 17.2 Å². The van der Waals surface area contributed by atoms with Gasteiger partial charge in [-0.3, -0.25) is 9.78 Å². The quantitative estimate of drug-likeness (QED) is 0.909. The second-order valence-corrected chi connectivity index (χ2v) is 5.93. The van der Waals surface area contributed by atoms with Gasteiger partial charge in [-0.25, -0.2) is 0 Å². The van der Waals surface area contributed by atoms with E-state index in [4.69, 9.17) is 0 Å². The zero-order valence-electron chi connectivity index (χ0n) is 10.8. The largest absolute Gasteiger partial charge is 0.383 e. The third kappa shape index (κ3) is 2.96. The van der Waals surface area contributed by atoms with Crippen LogP contribution in [0.2, 0.25) is 0 Å². The van der Waals surface area contributed by atoms with Crippen LogP contribution < -0.4 is 5.32 Å². The lowest BCUT2D eigenvalue weighted by Crippen LogP contribution is -2.41. The monoisotopic (exact) mass is 265 g/mol. The molecule has 1 N–H and O–H groups in total. The average Bonchev–Trinajstić information content (AvgIpc) is 2.39. The van der Waals surface area contributed by atoms with Crippen LogP contribution in [0.3, 0.4) is 0 Å². The van der Waals surface area contributed by atoms with Crippen LogP contribution >= 0.6 is 11.8 Å². The summed E-state index contributed by atoms with van der Waals surface area (Å²) in [5, 5.41) is 3.71. The molecule has 0 radical (unpaired) electrons. The first-order valence-electron chi connectivity index (χ1n) is 6.31. The predicted octanol–water partition coefficient (Wildman–Crippen LogP) is 2.09. The van der Waals surface area contributed by atoms with Crippen molar-refractivity contribution in [2.45, 2.75) is 19.1 Å². The van der Waals surface area contributed by atoms with Gasteiger partial charge >= 0.3 is 0 Å². The van der Waals surface area contributed by atoms with E-state index in [1.165, 1.54) is 0 Å². The highest BCUT2D eigenvalue weighted by Crippen LogP contribution is 2.22. The maximum absolute atomic E-state index is 12.5. The molecule has 0 saturated carbocycles. The summed E-state index contributed by atoms with van der Waals surface area (Å²) in [5.41, 5.74) is 1.56. The molecule has 1 aliphatic heterocycles. The lowest BCUT2D eigenvalue weighted by Gasteiger charge is -2.31. The summed E-state index contributed by atoms with van der Waals surface area (Å²) < 4.78 is 0. The minimum atomic E-state index is 0.112. The van der Waals surface area contributed by atoms with Crippen LogP contribution in [0, 0.1) is 0 Å². The van der Waals surface area contributed by atoms with Gasteiger partial charge in [0.25, 0.3) is 5.91 Å². The van der Waals surface area contributed by atoms with Crippen LogP contribution in [0.5, 0.6) is 0 Å². The second-order valence-electron chi connectivity index (χ2n) is 4.38. The first kappa shape index (κ1) is 13.2. The third-order valence-electron chi connectivity index (χ3n) is 2.95. The lowest BCUT2D eigenvalue weighted by atomic mass is 10.2. The molecule has 1 aromatic rings. The van der Waals surface area contributed by atoms with Gasteiger partial charge < -0.3 is 10.2 Å². The summed E-state index contributed by atoms with van der Waals surface area (Å²) in [7, 11) is 0. The first-order valence-corrected chi connectivity index (χ1v) is 7.36. The summed E-state index contributed by atoms with van der Waals surface area (Å²) >= 11 is 1.93. The van der Waals surface area contributed by atoms with E-state index < -0.39 is 0 Å². The number of carbonyl (C=O) groups excluding carboxylic acids is 1. The molecular weight excluding hydrogens is 246 g/mol. The van der Waals surface area contributed by atoms with Crippen molar-refractivity contribution in [2.24, 2.45) is 0 Å². The molecule has 1 amide bonds. The molecule has 1 unspecified atom stereocenters. The molecule has 98 valence electrons. The minimum Gasteiger partial charge on any atom is -0.383 e. The lowest BCUT2D eigenvalue weighted by molar-refractivity contribution is 0.0764. The molecule has 5 heteroatoms. The number of hydrogen-bond acceptors (Lipinski definition) is 4. The first-order chi connectivity index (χ1) is 8.72. The van der Waals surface area contributed by atoms with Crippen LogP contribution in [0.4, 0.5) is 5.69 Å². The molecular formula is C13H19N3OS. The van der Waals surface area contributed by atoms with Crippen molar-refractivity contribution in [3.8, 4) is 0 Å². The molecule has 1 saturated heterocycles. The fraction of sp³-hybridized carbons (Fsp3) is 0.538. The van der Waals surface area contributed by atoms with Crippen LogP contribution in [0.1, 0.15) is 24.2 Å². The standard InChI is InChI=1S/C13H19N3OS/c1-3-15-12-8-14-5-4-11(12)13(17)16-6-7-18-10(2)9-16/h4-5,8,10,15H,3,6-7,9H2,1-2H3. The van der Waals surface area contributed by atoms with Crippen LogP contribution in [-0.2, 0) is 0 Å². The van der Waals surface area contributed by atoms with Crippen molar-refractivity contribution in [2.75, 3.05) is 30.7 Å². The fourth-order valence-electron chi connectivity index (χ4n) is 2.09. The molecule has 0 bridgehead atoms. The van der Waals surface area contributed by atoms with E-state index in [-0.39, 0.29) is 5.91 Å². The molecule has 0 aromatic carbocycles. The normalized spacial score (nSPS) is 19.7. The zero-order chi connectivity index (χ0) is 13.0. The molecule has 0 aliphatic carbocycles. The van der Waals surface area contributed by atoms with E-state index >= 15 is 0 Å². The van der Waals surface area contributed by atoms with Gasteiger partial charge in [-0.1, -0.05) is 6.92 Å². The number of aromatic nitrogens is 1. The van der Waals surface area contributed by atoms with Crippen LogP contribution in [0.25, 0.3) is 0 Å². The van der Waals surface area contributed by atoms with E-state index in [1.807, 2.05) is 23.6 Å². The number of hydrogen-bond donors (Lipinski definition) is 1. The summed E-state index contributed by atoms with van der Waals surface area (Å²) in [4.78, 5) is 18.5. The van der Waals surface area contributed by atoms with E-state index in [0.717, 1.165) is 36.6 Å². The highest BCUT2D eigenvalue weighted by Gasteiger charge is 2.23. The van der Waals surface area contributed by atoms with Crippen LogP contribution in [-0.4, -0.2) is 46.4 Å². The van der Waals surface area contributed by atoms with Gasteiger partial charge in [-0.05, 0) is 13.0 Å². The van der Waals surface area contributed by atoms with Gasteiger partial charge in [-0.2, -0.15) is 11.8 Å². The van der Waals surface area contributed by atoms with Gasteiger partial charge in [0.2, 0.25) is 0 Å². The van der Waals surface area contributed by atoms with Gasteiger partial charge in [0.05, 0.1) is 17.4 Å². The molecule has 1 aliphatic rings. The van der Waals surface area contributed by atoms with Crippen LogP contribution in [0.15, 0.2) is 18.5 Å². The topological polar surface area (TPSA) is 45.2 Å². The zero-order valence-corrected chi connectivity index (χ0v) is 11.7. The third-order valence-corrected chi connectivity index (χ3v) is 4.08. The Hall–Kier alpha value is -1.23. The Morgan fingerprint density at radius 1 is 1.67 bits per heavy atom. The fourth-order valence-corrected chi connectivity index (χ4v) is 3.10. The Kier molecular flexibility index (Phi) is 4.47. The van der Waals surface area contributed by atoms with Crippen molar-refractivity contribution in [1.29, 1.82) is 0 Å². The van der Waals surface area contributed by atoms with Gasteiger partial charge in [0.15, 0.2) is 0 Å². The highest BCUT2D eigenvalue weighted by molar-refractivity contribution is 7.99. The van der Waals surface area contributed by atoms with Crippen molar-refractivity contribution in [1.82, 2.24) is 9.88 Å². The number of amides is 1. The van der Waals surface area contributed by atoms with Gasteiger partial charge in [0, 0.05) is 36.8 Å². The SMILES string of the molecule is CCNc1cnccc1C(=O)N1CCSC(C)C1. The highest BCUT2D eigenvalue weighted by atomic mass is 32.2. The number of pyridine rings is 1. The van der Waals surface area contributed by atoms with E-state index in [9.17, 15) is 4.79 Å². The molecule has 1 atom stereocenters. The summed E-state index contributed by atoms with van der Waals surface area (Å²) in [6.07, 6.45) is 3.40. The average molecular weight is 265 g/mol. The van der Waals surface area contributed by atoms with E-state index in [0.29, 0.717) is 5.25 Å². The number of carbonyl (C=O) groups is 1. The Morgan fingerprint density at radius 3 is 3.22 bits per heavy atom. The maximum atomic E-state index is 12.5. The Bertz CT molecular complexity index is 424. The van der Waals surface area contributed by atoms with Gasteiger partial charge in [-0.15, -0.1) is 0 Å². The van der Waals surface area contributed by atoms with Crippen molar-refractivity contribution < 1.29 is 4.79 Å². The van der Waals surface area contributed by atoms with Crippen molar-refractivity contribution in [3.63, 3.8) is 0 Å². The molecule has 4 nitrogen and oxygen atoms in total. The minimum absolute atomic E-state index is 0.112. The molecule has 1 fully saturated rings. The molecule has 1 aromatic heterocycles.